The lowest BCUT2D eigenvalue weighted by molar-refractivity contribution is -0.118. The van der Waals surface area contributed by atoms with Gasteiger partial charge < -0.3 is 14.8 Å². The fourth-order valence-electron chi connectivity index (χ4n) is 2.30. The summed E-state index contributed by atoms with van der Waals surface area (Å²) in [5, 5.41) is 2.85. The number of aryl methyl sites for hydroxylation is 2. The van der Waals surface area contributed by atoms with Gasteiger partial charge in [0.2, 0.25) is 0 Å². The Labute approximate surface area is 149 Å². The summed E-state index contributed by atoms with van der Waals surface area (Å²) >= 11 is 3.43. The first-order valence-electron chi connectivity index (χ1n) is 7.27. The van der Waals surface area contributed by atoms with E-state index in [0.29, 0.717) is 17.1 Å². The van der Waals surface area contributed by atoms with Crippen LogP contribution < -0.4 is 14.8 Å². The molecule has 0 saturated carbocycles. The Morgan fingerprint density at radius 1 is 1.17 bits per heavy atom. The molecule has 0 spiro atoms. The average molecular weight is 392 g/mol. The fourth-order valence-corrected chi connectivity index (χ4v) is 2.99. The third-order valence-electron chi connectivity index (χ3n) is 3.44. The zero-order valence-corrected chi connectivity index (χ0v) is 15.3. The smallest absolute Gasteiger partial charge is 0.262 e. The standard InChI is InChI=1S/C18H18BrNO4/c1-11-6-14(19)7-12(2)18(11)20-17(22)10-24-15-5-4-13(9-21)8-16(15)23-3/h4-9H,10H2,1-3H3,(H,20,22). The molecule has 1 amide bonds. The Hall–Kier alpha value is -2.34. The van der Waals surface area contributed by atoms with Crippen molar-refractivity contribution in [2.75, 3.05) is 19.0 Å². The van der Waals surface area contributed by atoms with E-state index in [4.69, 9.17) is 9.47 Å². The summed E-state index contributed by atoms with van der Waals surface area (Å²) < 4.78 is 11.6. The van der Waals surface area contributed by atoms with Gasteiger partial charge in [0, 0.05) is 15.7 Å². The minimum absolute atomic E-state index is 0.161. The number of carbonyl (C=O) groups is 2. The van der Waals surface area contributed by atoms with E-state index in [1.807, 2.05) is 26.0 Å². The maximum Gasteiger partial charge on any atom is 0.262 e. The van der Waals surface area contributed by atoms with Crippen molar-refractivity contribution >= 4 is 33.8 Å². The first kappa shape index (κ1) is 18.0. The largest absolute Gasteiger partial charge is 0.493 e. The number of methoxy groups -OCH3 is 1. The van der Waals surface area contributed by atoms with Crippen molar-refractivity contribution < 1.29 is 19.1 Å². The highest BCUT2D eigenvalue weighted by Gasteiger charge is 2.11. The highest BCUT2D eigenvalue weighted by molar-refractivity contribution is 9.10. The first-order chi connectivity index (χ1) is 11.4. The molecule has 5 nitrogen and oxygen atoms in total. The van der Waals surface area contributed by atoms with E-state index in [9.17, 15) is 9.59 Å². The Balaban J connectivity index is 2.05. The van der Waals surface area contributed by atoms with E-state index in [2.05, 4.69) is 21.2 Å². The molecule has 0 bridgehead atoms. The third kappa shape index (κ3) is 4.35. The fraction of sp³-hybridized carbons (Fsp3) is 0.222. The molecular weight excluding hydrogens is 374 g/mol. The molecule has 2 aromatic carbocycles. The molecule has 0 aliphatic carbocycles. The van der Waals surface area contributed by atoms with Crippen molar-refractivity contribution in [3.63, 3.8) is 0 Å². The Morgan fingerprint density at radius 3 is 2.42 bits per heavy atom. The van der Waals surface area contributed by atoms with Crippen molar-refractivity contribution in [2.45, 2.75) is 13.8 Å². The lowest BCUT2D eigenvalue weighted by Crippen LogP contribution is -2.21. The van der Waals surface area contributed by atoms with Gasteiger partial charge in [-0.1, -0.05) is 15.9 Å². The second-order valence-corrected chi connectivity index (χ2v) is 6.20. The van der Waals surface area contributed by atoms with Crippen LogP contribution in [0.2, 0.25) is 0 Å². The lowest BCUT2D eigenvalue weighted by atomic mass is 10.1. The van der Waals surface area contributed by atoms with Gasteiger partial charge >= 0.3 is 0 Å². The summed E-state index contributed by atoms with van der Waals surface area (Å²) in [7, 11) is 1.48. The molecule has 0 saturated heterocycles. The van der Waals surface area contributed by atoms with E-state index in [1.54, 1.807) is 18.2 Å². The van der Waals surface area contributed by atoms with Crippen molar-refractivity contribution in [3.05, 3.63) is 51.5 Å². The summed E-state index contributed by atoms with van der Waals surface area (Å²) in [6.07, 6.45) is 0.720. The molecule has 2 rings (SSSR count). The molecule has 2 aromatic rings. The van der Waals surface area contributed by atoms with Crippen LogP contribution in [-0.2, 0) is 4.79 Å². The predicted octanol–water partition coefficient (Wildman–Crippen LogP) is 3.90. The summed E-state index contributed by atoms with van der Waals surface area (Å²) in [5.41, 5.74) is 3.17. The van der Waals surface area contributed by atoms with E-state index in [0.717, 1.165) is 27.6 Å². The molecule has 0 fully saturated rings. The molecule has 0 atom stereocenters. The van der Waals surface area contributed by atoms with Crippen LogP contribution in [0.15, 0.2) is 34.8 Å². The number of halogens is 1. The maximum absolute atomic E-state index is 12.2. The minimum Gasteiger partial charge on any atom is -0.493 e. The quantitative estimate of drug-likeness (QED) is 0.758. The highest BCUT2D eigenvalue weighted by atomic mass is 79.9. The molecule has 0 aromatic heterocycles. The van der Waals surface area contributed by atoms with Crippen LogP contribution in [0, 0.1) is 13.8 Å². The van der Waals surface area contributed by atoms with Crippen LogP contribution in [0.25, 0.3) is 0 Å². The minimum atomic E-state index is -0.273. The number of benzene rings is 2. The van der Waals surface area contributed by atoms with Gasteiger partial charge in [0.25, 0.3) is 5.91 Å². The molecule has 0 heterocycles. The molecular formula is C18H18BrNO4. The molecule has 0 radical (unpaired) electrons. The molecule has 0 unspecified atom stereocenters. The monoisotopic (exact) mass is 391 g/mol. The maximum atomic E-state index is 12.2. The van der Waals surface area contributed by atoms with Crippen molar-refractivity contribution in [1.29, 1.82) is 0 Å². The number of rotatable bonds is 6. The summed E-state index contributed by atoms with van der Waals surface area (Å²) in [6.45, 7) is 3.69. The zero-order chi connectivity index (χ0) is 17.7. The lowest BCUT2D eigenvalue weighted by Gasteiger charge is -2.14. The number of ether oxygens (including phenoxy) is 2. The summed E-state index contributed by atoms with van der Waals surface area (Å²) in [4.78, 5) is 22.9. The first-order valence-corrected chi connectivity index (χ1v) is 8.06. The van der Waals surface area contributed by atoms with E-state index >= 15 is 0 Å². The Bertz CT molecular complexity index is 751. The second kappa shape index (κ2) is 7.97. The SMILES string of the molecule is COc1cc(C=O)ccc1OCC(=O)Nc1c(C)cc(Br)cc1C. The molecule has 126 valence electrons. The molecule has 6 heteroatoms. The van der Waals surface area contributed by atoms with Gasteiger partial charge in [0.1, 0.15) is 6.29 Å². The molecule has 1 N–H and O–H groups in total. The van der Waals surface area contributed by atoms with Gasteiger partial charge in [-0.05, 0) is 55.3 Å². The van der Waals surface area contributed by atoms with Crippen molar-refractivity contribution in [3.8, 4) is 11.5 Å². The number of carbonyl (C=O) groups excluding carboxylic acids is 2. The van der Waals surface area contributed by atoms with E-state index in [-0.39, 0.29) is 12.5 Å². The number of nitrogens with one attached hydrogen (secondary N) is 1. The van der Waals surface area contributed by atoms with Gasteiger partial charge in [-0.2, -0.15) is 0 Å². The Kier molecular flexibility index (Phi) is 5.98. The van der Waals surface area contributed by atoms with Crippen LogP contribution in [0.3, 0.4) is 0 Å². The second-order valence-electron chi connectivity index (χ2n) is 5.28. The van der Waals surface area contributed by atoms with Crippen LogP contribution in [-0.4, -0.2) is 25.9 Å². The van der Waals surface area contributed by atoms with Crippen molar-refractivity contribution in [1.82, 2.24) is 0 Å². The van der Waals surface area contributed by atoms with Crippen LogP contribution in [0.1, 0.15) is 21.5 Å². The van der Waals surface area contributed by atoms with Gasteiger partial charge in [0.05, 0.1) is 7.11 Å². The van der Waals surface area contributed by atoms with E-state index < -0.39 is 0 Å². The predicted molar refractivity (Wildman–Crippen MR) is 96.1 cm³/mol. The normalized spacial score (nSPS) is 10.2. The average Bonchev–Trinajstić information content (AvgIpc) is 2.56. The van der Waals surface area contributed by atoms with Crippen molar-refractivity contribution in [2.24, 2.45) is 0 Å². The van der Waals surface area contributed by atoms with E-state index in [1.165, 1.54) is 7.11 Å². The van der Waals surface area contributed by atoms with Gasteiger partial charge in [-0.25, -0.2) is 0 Å². The third-order valence-corrected chi connectivity index (χ3v) is 3.90. The number of hydrogen-bond acceptors (Lipinski definition) is 4. The number of anilines is 1. The van der Waals surface area contributed by atoms with Crippen LogP contribution >= 0.6 is 15.9 Å². The highest BCUT2D eigenvalue weighted by Crippen LogP contribution is 2.28. The number of amides is 1. The zero-order valence-electron chi connectivity index (χ0n) is 13.7. The van der Waals surface area contributed by atoms with Gasteiger partial charge in [-0.15, -0.1) is 0 Å². The topological polar surface area (TPSA) is 64.6 Å². The molecule has 0 aliphatic rings. The summed E-state index contributed by atoms with van der Waals surface area (Å²) in [5.74, 6) is 0.538. The molecule has 24 heavy (non-hydrogen) atoms. The van der Waals surface area contributed by atoms with Crippen LogP contribution in [0.5, 0.6) is 11.5 Å². The summed E-state index contributed by atoms with van der Waals surface area (Å²) in [6, 6.07) is 8.64. The Morgan fingerprint density at radius 2 is 1.83 bits per heavy atom. The molecule has 0 aliphatic heterocycles. The number of hydrogen-bond donors (Lipinski definition) is 1. The van der Waals surface area contributed by atoms with Gasteiger partial charge in [0.15, 0.2) is 18.1 Å². The van der Waals surface area contributed by atoms with Crippen LogP contribution in [0.4, 0.5) is 5.69 Å². The van der Waals surface area contributed by atoms with Gasteiger partial charge in [-0.3, -0.25) is 9.59 Å². The number of aldehydes is 1.